The van der Waals surface area contributed by atoms with Crippen LogP contribution in [0.4, 0.5) is 5.13 Å². The number of pyridine rings is 2. The van der Waals surface area contributed by atoms with E-state index in [1.165, 1.54) is 34.2 Å². The fourth-order valence-corrected chi connectivity index (χ4v) is 3.74. The first kappa shape index (κ1) is 20.0. The second-order valence-electron chi connectivity index (χ2n) is 6.70. The molecule has 0 atom stereocenters. The van der Waals surface area contributed by atoms with Gasteiger partial charge >= 0.3 is 0 Å². The average molecular weight is 437 g/mol. The summed E-state index contributed by atoms with van der Waals surface area (Å²) in [7, 11) is 0. The van der Waals surface area contributed by atoms with Crippen LogP contribution >= 0.6 is 22.9 Å². The lowest BCUT2D eigenvalue weighted by Gasteiger charge is -2.08. The van der Waals surface area contributed by atoms with Crippen LogP contribution in [0.2, 0.25) is 5.02 Å². The van der Waals surface area contributed by atoms with Crippen LogP contribution < -0.4 is 10.9 Å². The molecular weight excluding hydrogens is 420 g/mol. The second kappa shape index (κ2) is 8.22. The summed E-state index contributed by atoms with van der Waals surface area (Å²) in [6.07, 6.45) is 3.25. The minimum atomic E-state index is -0.354. The SMILES string of the molecule is Cc1ccnc(-c2csc(NC(=O)c3ccc(=O)n(-c4ccc(Cl)cc4)c3)n2)c1C. The molecule has 1 N–H and O–H groups in total. The summed E-state index contributed by atoms with van der Waals surface area (Å²) >= 11 is 7.23. The Bertz CT molecular complexity index is 1300. The molecule has 0 spiro atoms. The van der Waals surface area contributed by atoms with Gasteiger partial charge in [0.1, 0.15) is 5.69 Å². The Labute approximate surface area is 181 Å². The summed E-state index contributed by atoms with van der Waals surface area (Å²) in [5.41, 5.74) is 4.40. The molecule has 0 saturated carbocycles. The van der Waals surface area contributed by atoms with Gasteiger partial charge in [0, 0.05) is 34.6 Å². The van der Waals surface area contributed by atoms with Crippen molar-refractivity contribution in [3.8, 4) is 17.1 Å². The molecule has 0 saturated heterocycles. The maximum atomic E-state index is 12.7. The van der Waals surface area contributed by atoms with Gasteiger partial charge in [-0.3, -0.25) is 24.5 Å². The lowest BCUT2D eigenvalue weighted by molar-refractivity contribution is 0.102. The van der Waals surface area contributed by atoms with Crippen LogP contribution in [0, 0.1) is 13.8 Å². The van der Waals surface area contributed by atoms with E-state index in [-0.39, 0.29) is 11.5 Å². The average Bonchev–Trinajstić information content (AvgIpc) is 3.19. The molecule has 0 aliphatic rings. The number of carbonyl (C=O) groups is 1. The number of rotatable bonds is 4. The highest BCUT2D eigenvalue weighted by Crippen LogP contribution is 2.27. The standard InChI is InChI=1S/C22H17ClN4O2S/c1-13-9-10-24-20(14(13)2)18-12-30-22(25-18)26-21(29)15-3-8-19(28)27(11-15)17-6-4-16(23)5-7-17/h3-12H,1-2H3,(H,25,26,29). The number of hydrogen-bond acceptors (Lipinski definition) is 5. The van der Waals surface area contributed by atoms with E-state index in [4.69, 9.17) is 11.6 Å². The van der Waals surface area contributed by atoms with Gasteiger partial charge in [0.05, 0.1) is 11.3 Å². The van der Waals surface area contributed by atoms with Crippen LogP contribution in [-0.2, 0) is 0 Å². The van der Waals surface area contributed by atoms with E-state index in [0.717, 1.165) is 16.8 Å². The summed E-state index contributed by atoms with van der Waals surface area (Å²) in [4.78, 5) is 33.9. The van der Waals surface area contributed by atoms with E-state index < -0.39 is 0 Å². The zero-order chi connectivity index (χ0) is 21.3. The van der Waals surface area contributed by atoms with Gasteiger partial charge in [-0.15, -0.1) is 11.3 Å². The highest BCUT2D eigenvalue weighted by molar-refractivity contribution is 7.14. The highest BCUT2D eigenvalue weighted by Gasteiger charge is 2.14. The quantitative estimate of drug-likeness (QED) is 0.494. The first-order valence-electron chi connectivity index (χ1n) is 9.10. The third-order valence-electron chi connectivity index (χ3n) is 4.72. The minimum absolute atomic E-state index is 0.244. The van der Waals surface area contributed by atoms with Crippen LogP contribution in [0.5, 0.6) is 0 Å². The Hall–Kier alpha value is -3.29. The predicted octanol–water partition coefficient (Wildman–Crippen LogP) is 4.88. The molecular formula is C22H17ClN4O2S. The largest absolute Gasteiger partial charge is 0.298 e. The summed E-state index contributed by atoms with van der Waals surface area (Å²) < 4.78 is 1.40. The zero-order valence-electron chi connectivity index (χ0n) is 16.2. The van der Waals surface area contributed by atoms with Gasteiger partial charge in [-0.25, -0.2) is 4.98 Å². The molecule has 30 heavy (non-hydrogen) atoms. The number of nitrogens with one attached hydrogen (secondary N) is 1. The summed E-state index contributed by atoms with van der Waals surface area (Å²) in [5.74, 6) is -0.354. The maximum Gasteiger partial charge on any atom is 0.258 e. The van der Waals surface area contributed by atoms with Gasteiger partial charge in [-0.05, 0) is 61.4 Å². The molecule has 4 aromatic rings. The van der Waals surface area contributed by atoms with E-state index in [1.54, 1.807) is 30.5 Å². The number of benzene rings is 1. The molecule has 3 aromatic heterocycles. The summed E-state index contributed by atoms with van der Waals surface area (Å²) in [6, 6.07) is 11.6. The summed E-state index contributed by atoms with van der Waals surface area (Å²) in [5, 5.41) is 5.68. The smallest absolute Gasteiger partial charge is 0.258 e. The van der Waals surface area contributed by atoms with Crippen LogP contribution in [0.3, 0.4) is 0 Å². The Morgan fingerprint density at radius 1 is 1.10 bits per heavy atom. The molecule has 6 nitrogen and oxygen atoms in total. The van der Waals surface area contributed by atoms with Gasteiger partial charge in [0.25, 0.3) is 11.5 Å². The van der Waals surface area contributed by atoms with Crippen molar-refractivity contribution >= 4 is 34.0 Å². The molecule has 1 amide bonds. The van der Waals surface area contributed by atoms with Gasteiger partial charge in [0.15, 0.2) is 5.13 Å². The van der Waals surface area contributed by atoms with Crippen molar-refractivity contribution in [2.45, 2.75) is 13.8 Å². The van der Waals surface area contributed by atoms with Crippen molar-refractivity contribution in [2.75, 3.05) is 5.32 Å². The minimum Gasteiger partial charge on any atom is -0.298 e. The van der Waals surface area contributed by atoms with Gasteiger partial charge in [0.2, 0.25) is 0 Å². The number of amides is 1. The molecule has 0 radical (unpaired) electrons. The van der Waals surface area contributed by atoms with Gasteiger partial charge in [-0.1, -0.05) is 11.6 Å². The van der Waals surface area contributed by atoms with Crippen molar-refractivity contribution in [1.82, 2.24) is 14.5 Å². The number of aromatic nitrogens is 3. The number of carbonyl (C=O) groups excluding carboxylic acids is 1. The number of thiazole rings is 1. The first-order chi connectivity index (χ1) is 14.4. The van der Waals surface area contributed by atoms with E-state index in [0.29, 0.717) is 27.1 Å². The fraction of sp³-hybridized carbons (Fsp3) is 0.0909. The van der Waals surface area contributed by atoms with E-state index in [1.807, 2.05) is 25.3 Å². The highest BCUT2D eigenvalue weighted by atomic mass is 35.5. The third kappa shape index (κ3) is 4.03. The number of halogens is 1. The molecule has 3 heterocycles. The topological polar surface area (TPSA) is 76.9 Å². The monoisotopic (exact) mass is 436 g/mol. The van der Waals surface area contributed by atoms with E-state index in [9.17, 15) is 9.59 Å². The van der Waals surface area contributed by atoms with Crippen molar-refractivity contribution in [1.29, 1.82) is 0 Å². The molecule has 8 heteroatoms. The molecule has 4 rings (SSSR count). The van der Waals surface area contributed by atoms with Crippen LogP contribution in [0.25, 0.3) is 17.1 Å². The van der Waals surface area contributed by atoms with Crippen molar-refractivity contribution in [3.63, 3.8) is 0 Å². The Balaban J connectivity index is 1.58. The van der Waals surface area contributed by atoms with Crippen LogP contribution in [-0.4, -0.2) is 20.4 Å². The molecule has 150 valence electrons. The molecule has 0 bridgehead atoms. The van der Waals surface area contributed by atoms with Crippen molar-refractivity contribution < 1.29 is 4.79 Å². The lowest BCUT2D eigenvalue weighted by Crippen LogP contribution is -2.20. The van der Waals surface area contributed by atoms with Crippen molar-refractivity contribution in [3.05, 3.63) is 92.3 Å². The van der Waals surface area contributed by atoms with Gasteiger partial charge < -0.3 is 0 Å². The molecule has 0 fully saturated rings. The molecule has 0 aliphatic heterocycles. The zero-order valence-corrected chi connectivity index (χ0v) is 17.8. The third-order valence-corrected chi connectivity index (χ3v) is 5.73. The van der Waals surface area contributed by atoms with Gasteiger partial charge in [-0.2, -0.15) is 0 Å². The number of hydrogen-bond donors (Lipinski definition) is 1. The van der Waals surface area contributed by atoms with Crippen LogP contribution in [0.1, 0.15) is 21.5 Å². The van der Waals surface area contributed by atoms with E-state index in [2.05, 4.69) is 15.3 Å². The fourth-order valence-electron chi connectivity index (χ4n) is 2.92. The lowest BCUT2D eigenvalue weighted by atomic mass is 10.1. The summed E-state index contributed by atoms with van der Waals surface area (Å²) in [6.45, 7) is 4.01. The Morgan fingerprint density at radius 2 is 1.87 bits per heavy atom. The molecule has 0 aliphatic carbocycles. The van der Waals surface area contributed by atoms with E-state index >= 15 is 0 Å². The number of aryl methyl sites for hydroxylation is 1. The predicted molar refractivity (Wildman–Crippen MR) is 120 cm³/mol. The number of nitrogens with zero attached hydrogens (tertiary/aromatic N) is 3. The Morgan fingerprint density at radius 3 is 2.63 bits per heavy atom. The Kier molecular flexibility index (Phi) is 5.48. The normalized spacial score (nSPS) is 10.8. The molecule has 1 aromatic carbocycles. The first-order valence-corrected chi connectivity index (χ1v) is 10.4. The second-order valence-corrected chi connectivity index (χ2v) is 7.99. The maximum absolute atomic E-state index is 12.7. The van der Waals surface area contributed by atoms with Crippen molar-refractivity contribution in [2.24, 2.45) is 0 Å². The number of anilines is 1. The molecule has 0 unspecified atom stereocenters. The van der Waals surface area contributed by atoms with Crippen LogP contribution in [0.15, 0.2) is 65.0 Å².